The first-order valence-corrected chi connectivity index (χ1v) is 6.21. The molecule has 0 aromatic rings. The normalized spacial score (nSPS) is 33.4. The summed E-state index contributed by atoms with van der Waals surface area (Å²) in [5, 5.41) is 2.39. The van der Waals surface area contributed by atoms with Crippen LogP contribution in [0.2, 0.25) is 0 Å². The second kappa shape index (κ2) is 4.70. The molecule has 0 aromatic carbocycles. The number of alkyl halides is 3. The van der Waals surface area contributed by atoms with Gasteiger partial charge < -0.3 is 5.73 Å². The molecule has 2 heterocycles. The number of hydrogen-bond acceptors (Lipinski definition) is 3. The van der Waals surface area contributed by atoms with Crippen molar-refractivity contribution in [3.05, 3.63) is 0 Å². The number of nitrogens with zero attached hydrogens (tertiary/aromatic N) is 1. The van der Waals surface area contributed by atoms with E-state index in [2.05, 4.69) is 10.2 Å². The third kappa shape index (κ3) is 2.47. The lowest BCUT2D eigenvalue weighted by Crippen LogP contribution is -2.64. The fourth-order valence-corrected chi connectivity index (χ4v) is 3.14. The summed E-state index contributed by atoms with van der Waals surface area (Å²) in [4.78, 5) is 13.7. The molecule has 2 fully saturated rings. The highest BCUT2D eigenvalue weighted by Crippen LogP contribution is 2.35. The minimum atomic E-state index is -4.33. The molecule has 2 unspecified atom stereocenters. The SMILES string of the molecule is NC(=O)C1(NCC(F)(F)F)CCN2CCCCC21. The maximum absolute atomic E-state index is 12.3. The molecule has 3 N–H and O–H groups in total. The molecule has 18 heavy (non-hydrogen) atoms. The number of carbonyl (C=O) groups excluding carboxylic acids is 1. The minimum absolute atomic E-state index is 0.189. The summed E-state index contributed by atoms with van der Waals surface area (Å²) in [5.41, 5.74) is 4.16. The first-order chi connectivity index (χ1) is 8.35. The second-order valence-electron chi connectivity index (χ2n) is 5.10. The Morgan fingerprint density at radius 3 is 2.72 bits per heavy atom. The highest BCUT2D eigenvalue weighted by molar-refractivity contribution is 5.86. The van der Waals surface area contributed by atoms with Gasteiger partial charge in [0.2, 0.25) is 5.91 Å². The highest BCUT2D eigenvalue weighted by Gasteiger charge is 2.53. The Bertz CT molecular complexity index is 334. The first kappa shape index (κ1) is 13.6. The van der Waals surface area contributed by atoms with Gasteiger partial charge in [0.15, 0.2) is 0 Å². The molecular formula is C11H18F3N3O. The monoisotopic (exact) mass is 265 g/mol. The molecule has 0 bridgehead atoms. The van der Waals surface area contributed by atoms with Crippen molar-refractivity contribution in [2.24, 2.45) is 5.73 Å². The standard InChI is InChI=1S/C11H18F3N3O/c12-11(13,14)7-16-10(9(15)18)4-6-17-5-2-1-3-8(10)17/h8,16H,1-7H2,(H2,15,18). The van der Waals surface area contributed by atoms with Crippen LogP contribution >= 0.6 is 0 Å². The second-order valence-corrected chi connectivity index (χ2v) is 5.10. The molecular weight excluding hydrogens is 247 g/mol. The summed E-state index contributed by atoms with van der Waals surface area (Å²) in [7, 11) is 0. The Labute approximate surface area is 104 Å². The predicted octanol–water partition coefficient (Wildman–Crippen LogP) is 0.621. The Morgan fingerprint density at radius 1 is 1.39 bits per heavy atom. The van der Waals surface area contributed by atoms with Gasteiger partial charge in [0.25, 0.3) is 0 Å². The van der Waals surface area contributed by atoms with Crippen LogP contribution < -0.4 is 11.1 Å². The van der Waals surface area contributed by atoms with E-state index in [1.807, 2.05) is 0 Å². The topological polar surface area (TPSA) is 58.4 Å². The van der Waals surface area contributed by atoms with E-state index < -0.39 is 24.2 Å². The summed E-state index contributed by atoms with van der Waals surface area (Å²) >= 11 is 0. The molecule has 4 nitrogen and oxygen atoms in total. The van der Waals surface area contributed by atoms with Crippen molar-refractivity contribution in [2.75, 3.05) is 19.6 Å². The van der Waals surface area contributed by atoms with Gasteiger partial charge in [-0.25, -0.2) is 0 Å². The molecule has 2 aliphatic rings. The third-order valence-electron chi connectivity index (χ3n) is 4.02. The number of fused-ring (bicyclic) bond motifs is 1. The van der Waals surface area contributed by atoms with Crippen LogP contribution in [0.15, 0.2) is 0 Å². The van der Waals surface area contributed by atoms with Gasteiger partial charge in [-0.05, 0) is 25.8 Å². The van der Waals surface area contributed by atoms with E-state index in [0.29, 0.717) is 13.0 Å². The van der Waals surface area contributed by atoms with E-state index in [1.165, 1.54) is 0 Å². The number of piperidine rings is 1. The van der Waals surface area contributed by atoms with Gasteiger partial charge in [-0.3, -0.25) is 15.0 Å². The molecule has 0 spiro atoms. The number of carbonyl (C=O) groups is 1. The summed E-state index contributed by atoms with van der Waals surface area (Å²) in [5.74, 6) is -0.666. The summed E-state index contributed by atoms with van der Waals surface area (Å²) in [6.07, 6.45) is -1.27. The number of nitrogens with two attached hydrogens (primary N) is 1. The molecule has 2 aliphatic heterocycles. The van der Waals surface area contributed by atoms with Gasteiger partial charge in [0, 0.05) is 12.6 Å². The van der Waals surface area contributed by atoms with Crippen molar-refractivity contribution >= 4 is 5.91 Å². The quantitative estimate of drug-likeness (QED) is 0.786. The average molecular weight is 265 g/mol. The zero-order valence-electron chi connectivity index (χ0n) is 10.1. The van der Waals surface area contributed by atoms with Gasteiger partial charge in [-0.2, -0.15) is 13.2 Å². The zero-order valence-corrected chi connectivity index (χ0v) is 10.1. The summed E-state index contributed by atoms with van der Waals surface area (Å²) in [6, 6.07) is -0.189. The molecule has 2 saturated heterocycles. The van der Waals surface area contributed by atoms with E-state index in [9.17, 15) is 18.0 Å². The summed E-state index contributed by atoms with van der Waals surface area (Å²) < 4.78 is 37.0. The van der Waals surface area contributed by atoms with E-state index >= 15 is 0 Å². The zero-order chi connectivity index (χ0) is 13.4. The average Bonchev–Trinajstić information content (AvgIpc) is 2.66. The Morgan fingerprint density at radius 2 is 2.11 bits per heavy atom. The minimum Gasteiger partial charge on any atom is -0.368 e. The smallest absolute Gasteiger partial charge is 0.368 e. The maximum atomic E-state index is 12.3. The number of amides is 1. The lowest BCUT2D eigenvalue weighted by molar-refractivity contribution is -0.137. The highest BCUT2D eigenvalue weighted by atomic mass is 19.4. The van der Waals surface area contributed by atoms with E-state index in [4.69, 9.17) is 5.73 Å². The van der Waals surface area contributed by atoms with Crippen LogP contribution in [-0.4, -0.2) is 48.2 Å². The maximum Gasteiger partial charge on any atom is 0.401 e. The Balaban J connectivity index is 2.14. The number of primary amides is 1. The van der Waals surface area contributed by atoms with Crippen molar-refractivity contribution in [3.8, 4) is 0 Å². The number of hydrogen-bond donors (Lipinski definition) is 2. The lowest BCUT2D eigenvalue weighted by Gasteiger charge is -2.39. The van der Waals surface area contributed by atoms with Crippen molar-refractivity contribution in [1.29, 1.82) is 0 Å². The largest absolute Gasteiger partial charge is 0.401 e. The van der Waals surface area contributed by atoms with Gasteiger partial charge in [-0.1, -0.05) is 6.42 Å². The fourth-order valence-electron chi connectivity index (χ4n) is 3.14. The van der Waals surface area contributed by atoms with Crippen LogP contribution in [0.4, 0.5) is 13.2 Å². The van der Waals surface area contributed by atoms with Crippen LogP contribution in [-0.2, 0) is 4.79 Å². The molecule has 2 atom stereocenters. The van der Waals surface area contributed by atoms with Crippen LogP contribution in [0.1, 0.15) is 25.7 Å². The number of rotatable bonds is 3. The van der Waals surface area contributed by atoms with Gasteiger partial charge >= 0.3 is 6.18 Å². The molecule has 0 radical (unpaired) electrons. The summed E-state index contributed by atoms with van der Waals surface area (Å²) in [6.45, 7) is 0.312. The molecule has 2 rings (SSSR count). The van der Waals surface area contributed by atoms with Crippen LogP contribution in [0, 0.1) is 0 Å². The fraction of sp³-hybridized carbons (Fsp3) is 0.909. The van der Waals surface area contributed by atoms with Gasteiger partial charge in [0.05, 0.1) is 6.54 Å². The number of nitrogens with one attached hydrogen (secondary N) is 1. The molecule has 0 saturated carbocycles. The molecule has 0 aromatic heterocycles. The van der Waals surface area contributed by atoms with Crippen molar-refractivity contribution in [2.45, 2.75) is 43.4 Å². The number of halogens is 3. The first-order valence-electron chi connectivity index (χ1n) is 6.21. The molecule has 104 valence electrons. The third-order valence-corrected chi connectivity index (χ3v) is 4.02. The lowest BCUT2D eigenvalue weighted by atomic mass is 9.84. The molecule has 1 amide bonds. The Hall–Kier alpha value is -0.820. The Kier molecular flexibility index (Phi) is 3.55. The molecule has 0 aliphatic carbocycles. The van der Waals surface area contributed by atoms with Crippen LogP contribution in [0.5, 0.6) is 0 Å². The van der Waals surface area contributed by atoms with Gasteiger partial charge in [-0.15, -0.1) is 0 Å². The predicted molar refractivity (Wildman–Crippen MR) is 59.8 cm³/mol. The van der Waals surface area contributed by atoms with Crippen molar-refractivity contribution in [3.63, 3.8) is 0 Å². The van der Waals surface area contributed by atoms with Crippen molar-refractivity contribution in [1.82, 2.24) is 10.2 Å². The van der Waals surface area contributed by atoms with Crippen LogP contribution in [0.3, 0.4) is 0 Å². The van der Waals surface area contributed by atoms with E-state index in [1.54, 1.807) is 0 Å². The molecule has 7 heteroatoms. The van der Waals surface area contributed by atoms with E-state index in [0.717, 1.165) is 25.8 Å². The van der Waals surface area contributed by atoms with E-state index in [-0.39, 0.29) is 6.04 Å². The van der Waals surface area contributed by atoms with Crippen LogP contribution in [0.25, 0.3) is 0 Å². The van der Waals surface area contributed by atoms with Crippen molar-refractivity contribution < 1.29 is 18.0 Å². The van der Waals surface area contributed by atoms with Gasteiger partial charge in [0.1, 0.15) is 5.54 Å².